The standard InChI is InChI=1S/C27H29N3O3/c1-31-24-17-26(33-3)25(32-2)16-19(24)18-28-30-14-12-29(13-15-30)27-22-10-6-4-8-20(22)21-9-5-7-11-23(21)27/h4-11,16-18,27H,12-15H2,1-3H3/b28-18-. The lowest BCUT2D eigenvalue weighted by molar-refractivity contribution is 0.114. The fourth-order valence-electron chi connectivity index (χ4n) is 4.90. The molecule has 0 N–H and O–H groups in total. The van der Waals surface area contributed by atoms with Crippen molar-refractivity contribution in [3.05, 3.63) is 77.4 Å². The molecule has 0 saturated carbocycles. The predicted octanol–water partition coefficient (Wildman–Crippen LogP) is 4.43. The van der Waals surface area contributed by atoms with Crippen LogP contribution in [-0.4, -0.2) is 63.6 Å². The molecule has 6 heteroatoms. The summed E-state index contributed by atoms with van der Waals surface area (Å²) in [5.41, 5.74) is 6.39. The number of nitrogens with zero attached hydrogens (tertiary/aromatic N) is 3. The predicted molar refractivity (Wildman–Crippen MR) is 131 cm³/mol. The third-order valence-electron chi connectivity index (χ3n) is 6.55. The van der Waals surface area contributed by atoms with Crippen molar-refractivity contribution in [3.8, 4) is 28.4 Å². The number of benzene rings is 3. The van der Waals surface area contributed by atoms with Gasteiger partial charge in [0.05, 0.1) is 33.6 Å². The Hall–Kier alpha value is -3.51. The van der Waals surface area contributed by atoms with Crippen molar-refractivity contribution in [1.82, 2.24) is 9.91 Å². The number of rotatable bonds is 6. The summed E-state index contributed by atoms with van der Waals surface area (Å²) >= 11 is 0. The van der Waals surface area contributed by atoms with Gasteiger partial charge in [0.2, 0.25) is 0 Å². The largest absolute Gasteiger partial charge is 0.496 e. The molecule has 3 aromatic carbocycles. The van der Waals surface area contributed by atoms with E-state index in [1.54, 1.807) is 21.3 Å². The van der Waals surface area contributed by atoms with Crippen LogP contribution in [0.1, 0.15) is 22.7 Å². The fourth-order valence-corrected chi connectivity index (χ4v) is 4.90. The summed E-state index contributed by atoms with van der Waals surface area (Å²) in [6, 6.07) is 21.6. The molecular formula is C27H29N3O3. The Bertz CT molecular complexity index is 1120. The molecule has 1 fully saturated rings. The van der Waals surface area contributed by atoms with Gasteiger partial charge in [0.25, 0.3) is 0 Å². The molecule has 0 unspecified atom stereocenters. The minimum atomic E-state index is 0.314. The maximum atomic E-state index is 5.52. The van der Waals surface area contributed by atoms with Crippen molar-refractivity contribution in [2.75, 3.05) is 47.5 Å². The number of piperazine rings is 1. The summed E-state index contributed by atoms with van der Waals surface area (Å²) in [4.78, 5) is 2.58. The number of hydrogen-bond donors (Lipinski definition) is 0. The van der Waals surface area contributed by atoms with Crippen molar-refractivity contribution in [3.63, 3.8) is 0 Å². The van der Waals surface area contributed by atoms with E-state index in [4.69, 9.17) is 19.3 Å². The molecule has 33 heavy (non-hydrogen) atoms. The number of hydrazone groups is 1. The van der Waals surface area contributed by atoms with Crippen LogP contribution in [-0.2, 0) is 0 Å². The second-order valence-electron chi connectivity index (χ2n) is 8.26. The van der Waals surface area contributed by atoms with Crippen LogP contribution in [0.25, 0.3) is 11.1 Å². The zero-order chi connectivity index (χ0) is 22.8. The van der Waals surface area contributed by atoms with Crippen LogP contribution in [0, 0.1) is 0 Å². The normalized spacial score (nSPS) is 16.0. The van der Waals surface area contributed by atoms with Gasteiger partial charge < -0.3 is 14.2 Å². The molecule has 2 aliphatic rings. The van der Waals surface area contributed by atoms with Gasteiger partial charge in [-0.25, -0.2) is 0 Å². The van der Waals surface area contributed by atoms with Crippen molar-refractivity contribution < 1.29 is 14.2 Å². The molecule has 0 radical (unpaired) electrons. The zero-order valence-corrected chi connectivity index (χ0v) is 19.3. The first-order valence-corrected chi connectivity index (χ1v) is 11.2. The average Bonchev–Trinajstić information content (AvgIpc) is 3.21. The van der Waals surface area contributed by atoms with E-state index in [0.29, 0.717) is 23.3 Å². The van der Waals surface area contributed by atoms with Crippen LogP contribution < -0.4 is 14.2 Å². The van der Waals surface area contributed by atoms with Gasteiger partial charge in [-0.05, 0) is 28.3 Å². The molecule has 5 rings (SSSR count). The number of hydrogen-bond acceptors (Lipinski definition) is 6. The molecule has 0 atom stereocenters. The van der Waals surface area contributed by atoms with Gasteiger partial charge in [-0.1, -0.05) is 48.5 Å². The van der Waals surface area contributed by atoms with E-state index >= 15 is 0 Å². The molecule has 6 nitrogen and oxygen atoms in total. The molecule has 1 aliphatic heterocycles. The highest BCUT2D eigenvalue weighted by atomic mass is 16.5. The molecular weight excluding hydrogens is 414 g/mol. The van der Waals surface area contributed by atoms with E-state index in [1.165, 1.54) is 22.3 Å². The van der Waals surface area contributed by atoms with Gasteiger partial charge in [-0.15, -0.1) is 0 Å². The quantitative estimate of drug-likeness (QED) is 0.528. The molecule has 3 aromatic rings. The van der Waals surface area contributed by atoms with Crippen LogP contribution in [0.15, 0.2) is 65.8 Å². The van der Waals surface area contributed by atoms with E-state index in [-0.39, 0.29) is 0 Å². The Labute approximate surface area is 195 Å². The van der Waals surface area contributed by atoms with Crippen molar-refractivity contribution in [2.24, 2.45) is 5.10 Å². The van der Waals surface area contributed by atoms with Crippen LogP contribution in [0.5, 0.6) is 17.2 Å². The van der Waals surface area contributed by atoms with Crippen molar-refractivity contribution >= 4 is 6.21 Å². The maximum absolute atomic E-state index is 5.52. The molecule has 1 heterocycles. The van der Waals surface area contributed by atoms with Crippen LogP contribution >= 0.6 is 0 Å². The minimum absolute atomic E-state index is 0.314. The van der Waals surface area contributed by atoms with E-state index in [1.807, 2.05) is 18.3 Å². The monoisotopic (exact) mass is 443 g/mol. The fraction of sp³-hybridized carbons (Fsp3) is 0.296. The summed E-state index contributed by atoms with van der Waals surface area (Å²) < 4.78 is 16.3. The van der Waals surface area contributed by atoms with Gasteiger partial charge in [-0.2, -0.15) is 5.10 Å². The highest BCUT2D eigenvalue weighted by Gasteiger charge is 2.33. The molecule has 0 amide bonds. The molecule has 1 saturated heterocycles. The zero-order valence-electron chi connectivity index (χ0n) is 19.3. The maximum Gasteiger partial charge on any atom is 0.164 e. The van der Waals surface area contributed by atoms with Gasteiger partial charge in [0, 0.05) is 37.8 Å². The molecule has 170 valence electrons. The topological polar surface area (TPSA) is 46.5 Å². The Balaban J connectivity index is 1.31. The Morgan fingerprint density at radius 1 is 0.727 bits per heavy atom. The van der Waals surface area contributed by atoms with Gasteiger partial charge in [0.15, 0.2) is 11.5 Å². The van der Waals surface area contributed by atoms with E-state index in [0.717, 1.165) is 31.7 Å². The third-order valence-corrected chi connectivity index (χ3v) is 6.55. The Kier molecular flexibility index (Phi) is 5.92. The van der Waals surface area contributed by atoms with Gasteiger partial charge in [-0.3, -0.25) is 9.91 Å². The molecule has 0 bridgehead atoms. The van der Waals surface area contributed by atoms with E-state index in [2.05, 4.69) is 58.4 Å². The van der Waals surface area contributed by atoms with Crippen LogP contribution in [0.4, 0.5) is 0 Å². The van der Waals surface area contributed by atoms with Crippen molar-refractivity contribution in [2.45, 2.75) is 6.04 Å². The van der Waals surface area contributed by atoms with E-state index in [9.17, 15) is 0 Å². The Morgan fingerprint density at radius 3 is 1.85 bits per heavy atom. The molecule has 0 spiro atoms. The summed E-state index contributed by atoms with van der Waals surface area (Å²) in [6.45, 7) is 3.64. The SMILES string of the molecule is COc1cc(OC)c(OC)cc1/C=N\N1CCN(C2c3ccccc3-c3ccccc32)CC1. The molecule has 1 aliphatic carbocycles. The van der Waals surface area contributed by atoms with E-state index < -0.39 is 0 Å². The van der Waals surface area contributed by atoms with Crippen molar-refractivity contribution in [1.29, 1.82) is 0 Å². The summed E-state index contributed by atoms with van der Waals surface area (Å²) in [6.07, 6.45) is 1.84. The number of fused-ring (bicyclic) bond motifs is 3. The molecule has 0 aromatic heterocycles. The lowest BCUT2D eigenvalue weighted by atomic mass is 10.0. The first-order valence-electron chi connectivity index (χ1n) is 11.2. The third kappa shape index (κ3) is 3.91. The van der Waals surface area contributed by atoms with Crippen LogP contribution in [0.3, 0.4) is 0 Å². The first-order chi connectivity index (χ1) is 16.2. The summed E-state index contributed by atoms with van der Waals surface area (Å²) in [5.74, 6) is 1.99. The lowest BCUT2D eigenvalue weighted by Gasteiger charge is -2.37. The Morgan fingerprint density at radius 2 is 1.27 bits per heavy atom. The lowest BCUT2D eigenvalue weighted by Crippen LogP contribution is -2.45. The highest BCUT2D eigenvalue weighted by Crippen LogP contribution is 2.46. The highest BCUT2D eigenvalue weighted by molar-refractivity contribution is 5.85. The summed E-state index contributed by atoms with van der Waals surface area (Å²) in [7, 11) is 4.89. The first kappa shape index (κ1) is 21.3. The summed E-state index contributed by atoms with van der Waals surface area (Å²) in [5, 5.41) is 6.87. The smallest absolute Gasteiger partial charge is 0.164 e. The number of methoxy groups -OCH3 is 3. The van der Waals surface area contributed by atoms with Gasteiger partial charge in [0.1, 0.15) is 5.75 Å². The second-order valence-corrected chi connectivity index (χ2v) is 8.26. The van der Waals surface area contributed by atoms with Crippen LogP contribution in [0.2, 0.25) is 0 Å². The second kappa shape index (κ2) is 9.16. The number of ether oxygens (including phenoxy) is 3. The minimum Gasteiger partial charge on any atom is -0.496 e. The van der Waals surface area contributed by atoms with Gasteiger partial charge >= 0.3 is 0 Å². The average molecular weight is 444 g/mol.